The van der Waals surface area contributed by atoms with E-state index in [2.05, 4.69) is 19.8 Å². The van der Waals surface area contributed by atoms with Crippen molar-refractivity contribution in [3.05, 3.63) is 11.8 Å². The molecule has 0 radical (unpaired) electrons. The summed E-state index contributed by atoms with van der Waals surface area (Å²) < 4.78 is 36.6. The molecule has 1 aliphatic heterocycles. The topological polar surface area (TPSA) is 97.6 Å². The van der Waals surface area contributed by atoms with E-state index >= 15 is 0 Å². The third-order valence-corrected chi connectivity index (χ3v) is 4.69. The van der Waals surface area contributed by atoms with E-state index in [0.717, 1.165) is 6.54 Å². The van der Waals surface area contributed by atoms with Gasteiger partial charge in [-0.15, -0.1) is 10.2 Å². The molecule has 2 heterocycles. The van der Waals surface area contributed by atoms with E-state index in [4.69, 9.17) is 9.15 Å². The highest BCUT2D eigenvalue weighted by molar-refractivity contribution is 7.89. The first-order chi connectivity index (χ1) is 9.89. The Morgan fingerprint density at radius 2 is 2.14 bits per heavy atom. The van der Waals surface area contributed by atoms with Gasteiger partial charge in [-0.2, -0.15) is 0 Å². The van der Waals surface area contributed by atoms with Gasteiger partial charge in [0.25, 0.3) is 0 Å². The van der Waals surface area contributed by atoms with Gasteiger partial charge in [0.2, 0.25) is 21.8 Å². The maximum Gasteiger partial charge on any atom is 0.246 e. The van der Waals surface area contributed by atoms with Gasteiger partial charge < -0.3 is 9.15 Å². The molecule has 8 nitrogen and oxygen atoms in total. The summed E-state index contributed by atoms with van der Waals surface area (Å²) in [5.41, 5.74) is 0. The Labute approximate surface area is 124 Å². The van der Waals surface area contributed by atoms with E-state index < -0.39 is 10.0 Å². The molecule has 0 aromatic carbocycles. The highest BCUT2D eigenvalue weighted by atomic mass is 32.2. The van der Waals surface area contributed by atoms with Crippen molar-refractivity contribution >= 4 is 10.0 Å². The molecule has 1 fully saturated rings. The molecule has 9 heteroatoms. The lowest BCUT2D eigenvalue weighted by atomic mass is 10.2. The van der Waals surface area contributed by atoms with Crippen LogP contribution in [0.15, 0.2) is 4.42 Å². The molecule has 1 N–H and O–H groups in total. The molecule has 0 bridgehead atoms. The highest BCUT2D eigenvalue weighted by Gasteiger charge is 2.29. The van der Waals surface area contributed by atoms with Crippen LogP contribution in [0.3, 0.4) is 0 Å². The quantitative estimate of drug-likeness (QED) is 0.793. The summed E-state index contributed by atoms with van der Waals surface area (Å²) in [5, 5.41) is 7.80. The third-order valence-electron chi connectivity index (χ3n) is 3.28. The zero-order valence-electron chi connectivity index (χ0n) is 12.6. The molecule has 0 spiro atoms. The maximum absolute atomic E-state index is 11.4. The van der Waals surface area contributed by atoms with Crippen LogP contribution in [0.5, 0.6) is 0 Å². The van der Waals surface area contributed by atoms with Crippen LogP contribution >= 0.6 is 0 Å². The zero-order chi connectivity index (χ0) is 15.5. The Hall–Kier alpha value is -1.03. The molecular weight excluding hydrogens is 296 g/mol. The predicted octanol–water partition coefficient (Wildman–Crippen LogP) is 0.0791. The second kappa shape index (κ2) is 6.82. The van der Waals surface area contributed by atoms with Gasteiger partial charge in [0.15, 0.2) is 0 Å². The van der Waals surface area contributed by atoms with Crippen molar-refractivity contribution in [2.75, 3.05) is 31.9 Å². The number of hydrogen-bond donors (Lipinski definition) is 1. The molecule has 1 aromatic heterocycles. The normalized spacial score (nSPS) is 24.3. The maximum atomic E-state index is 11.4. The first-order valence-electron chi connectivity index (χ1n) is 7.04. The third kappa shape index (κ3) is 4.73. The Balaban J connectivity index is 1.89. The van der Waals surface area contributed by atoms with E-state index in [1.807, 2.05) is 6.92 Å². The van der Waals surface area contributed by atoms with Gasteiger partial charge in [0.1, 0.15) is 6.10 Å². The van der Waals surface area contributed by atoms with E-state index in [1.54, 1.807) is 13.8 Å². The zero-order valence-corrected chi connectivity index (χ0v) is 13.4. The Bertz CT molecular complexity index is 559. The number of nitrogens with zero attached hydrogens (tertiary/aromatic N) is 3. The summed E-state index contributed by atoms with van der Waals surface area (Å²) in [7, 11) is -3.14. The van der Waals surface area contributed by atoms with Gasteiger partial charge in [-0.25, -0.2) is 13.1 Å². The summed E-state index contributed by atoms with van der Waals surface area (Å²) in [6.45, 7) is 7.69. The molecule has 0 amide bonds. The number of aromatic nitrogens is 2. The number of rotatable bonds is 6. The van der Waals surface area contributed by atoms with E-state index in [0.29, 0.717) is 31.4 Å². The largest absolute Gasteiger partial charge is 0.423 e. The molecule has 0 aliphatic carbocycles. The fourth-order valence-corrected chi connectivity index (χ4v) is 2.87. The minimum Gasteiger partial charge on any atom is -0.423 e. The van der Waals surface area contributed by atoms with Crippen molar-refractivity contribution in [3.63, 3.8) is 0 Å². The number of aryl methyl sites for hydroxylation is 1. The molecule has 21 heavy (non-hydrogen) atoms. The first kappa shape index (κ1) is 16.3. The van der Waals surface area contributed by atoms with Crippen LogP contribution in [-0.2, 0) is 14.8 Å². The molecule has 0 unspecified atom stereocenters. The molecule has 1 aliphatic rings. The number of nitrogens with one attached hydrogen (secondary N) is 1. The van der Waals surface area contributed by atoms with E-state index in [9.17, 15) is 8.42 Å². The molecule has 2 rings (SSSR count). The van der Waals surface area contributed by atoms with Gasteiger partial charge in [0.05, 0.1) is 11.9 Å². The summed E-state index contributed by atoms with van der Waals surface area (Å²) in [6, 6.07) is 0. The van der Waals surface area contributed by atoms with E-state index in [-0.39, 0.29) is 18.0 Å². The molecule has 2 atom stereocenters. The highest BCUT2D eigenvalue weighted by Crippen LogP contribution is 2.23. The first-order valence-corrected chi connectivity index (χ1v) is 8.70. The second-order valence-electron chi connectivity index (χ2n) is 5.15. The fourth-order valence-electron chi connectivity index (χ4n) is 2.26. The standard InChI is InChI=1S/C12H22N4O4S/c1-4-21(17,18)13-5-6-16-7-9(2)19-11(8-16)12-15-14-10(3)20-12/h9,11,13H,4-8H2,1-3H3/t9-,11-/m1/s1. The summed E-state index contributed by atoms with van der Waals surface area (Å²) >= 11 is 0. The van der Waals surface area contributed by atoms with Crippen LogP contribution in [0.2, 0.25) is 0 Å². The Morgan fingerprint density at radius 1 is 1.38 bits per heavy atom. The minimum absolute atomic E-state index is 0.0266. The monoisotopic (exact) mass is 318 g/mol. The van der Waals surface area contributed by atoms with Gasteiger partial charge in [0, 0.05) is 33.1 Å². The van der Waals surface area contributed by atoms with Crippen LogP contribution in [-0.4, -0.2) is 61.6 Å². The number of hydrogen-bond acceptors (Lipinski definition) is 7. The summed E-state index contributed by atoms with van der Waals surface area (Å²) in [4.78, 5) is 2.14. The average molecular weight is 318 g/mol. The minimum atomic E-state index is -3.14. The molecule has 0 saturated carbocycles. The Kier molecular flexibility index (Phi) is 5.31. The fraction of sp³-hybridized carbons (Fsp3) is 0.833. The molecule has 120 valence electrons. The van der Waals surface area contributed by atoms with Gasteiger partial charge in [-0.1, -0.05) is 0 Å². The van der Waals surface area contributed by atoms with Gasteiger partial charge in [-0.3, -0.25) is 4.90 Å². The Morgan fingerprint density at radius 3 is 2.76 bits per heavy atom. The van der Waals surface area contributed by atoms with Crippen LogP contribution in [0.4, 0.5) is 0 Å². The smallest absolute Gasteiger partial charge is 0.246 e. The van der Waals surface area contributed by atoms with Crippen molar-refractivity contribution in [2.24, 2.45) is 0 Å². The molecule has 1 saturated heterocycles. The molecule has 1 aromatic rings. The second-order valence-corrected chi connectivity index (χ2v) is 7.25. The van der Waals surface area contributed by atoms with E-state index in [1.165, 1.54) is 0 Å². The lowest BCUT2D eigenvalue weighted by Crippen LogP contribution is -2.46. The van der Waals surface area contributed by atoms with Crippen LogP contribution in [0, 0.1) is 6.92 Å². The van der Waals surface area contributed by atoms with Crippen molar-refractivity contribution < 1.29 is 17.6 Å². The van der Waals surface area contributed by atoms with Crippen molar-refractivity contribution in [1.29, 1.82) is 0 Å². The average Bonchev–Trinajstić information content (AvgIpc) is 2.85. The summed E-state index contributed by atoms with van der Waals surface area (Å²) in [6.07, 6.45) is -0.239. The number of sulfonamides is 1. The van der Waals surface area contributed by atoms with Gasteiger partial charge in [-0.05, 0) is 13.8 Å². The summed E-state index contributed by atoms with van der Waals surface area (Å²) in [5.74, 6) is 1.07. The van der Waals surface area contributed by atoms with Crippen LogP contribution in [0.25, 0.3) is 0 Å². The van der Waals surface area contributed by atoms with Crippen molar-refractivity contribution in [1.82, 2.24) is 19.8 Å². The van der Waals surface area contributed by atoms with Gasteiger partial charge >= 0.3 is 0 Å². The SMILES string of the molecule is CCS(=O)(=O)NCCN1C[C@@H](C)O[C@@H](c2nnc(C)o2)C1. The number of ether oxygens (including phenoxy) is 1. The predicted molar refractivity (Wildman–Crippen MR) is 76.2 cm³/mol. The molecular formula is C12H22N4O4S. The van der Waals surface area contributed by atoms with Crippen molar-refractivity contribution in [3.8, 4) is 0 Å². The lowest BCUT2D eigenvalue weighted by Gasteiger charge is -2.35. The van der Waals surface area contributed by atoms with Crippen LogP contribution < -0.4 is 4.72 Å². The lowest BCUT2D eigenvalue weighted by molar-refractivity contribution is -0.0887. The van der Waals surface area contributed by atoms with Crippen molar-refractivity contribution in [2.45, 2.75) is 33.0 Å². The number of morpholine rings is 1. The van der Waals surface area contributed by atoms with Crippen LogP contribution in [0.1, 0.15) is 31.7 Å².